The van der Waals surface area contributed by atoms with Gasteiger partial charge < -0.3 is 9.47 Å². The van der Waals surface area contributed by atoms with Crippen molar-refractivity contribution in [1.29, 1.82) is 0 Å². The van der Waals surface area contributed by atoms with Gasteiger partial charge in [-0.3, -0.25) is 4.79 Å². The van der Waals surface area contributed by atoms with Crippen molar-refractivity contribution in [2.24, 2.45) is 0 Å². The van der Waals surface area contributed by atoms with Crippen molar-refractivity contribution in [3.8, 4) is 22.6 Å². The SMILES string of the molecule is O=C(Oc1ccc2c(c1)O/C(=C\c1ccc(-c3ccccc3)cc1)C2=O)c1ccccc1. The minimum absolute atomic E-state index is 0.201. The molecule has 1 heterocycles. The fourth-order valence-electron chi connectivity index (χ4n) is 3.52. The first-order valence-electron chi connectivity index (χ1n) is 10.2. The molecule has 0 aliphatic carbocycles. The van der Waals surface area contributed by atoms with Crippen LogP contribution >= 0.6 is 0 Å². The number of benzene rings is 4. The quantitative estimate of drug-likeness (QED) is 0.225. The first kappa shape index (κ1) is 19.5. The average Bonchev–Trinajstić information content (AvgIpc) is 3.15. The number of hydrogen-bond acceptors (Lipinski definition) is 4. The zero-order chi connectivity index (χ0) is 21.9. The van der Waals surface area contributed by atoms with E-state index in [2.05, 4.69) is 12.1 Å². The summed E-state index contributed by atoms with van der Waals surface area (Å²) < 4.78 is 11.2. The maximum atomic E-state index is 12.7. The van der Waals surface area contributed by atoms with Crippen molar-refractivity contribution in [1.82, 2.24) is 0 Å². The maximum absolute atomic E-state index is 12.7. The molecule has 0 radical (unpaired) electrons. The van der Waals surface area contributed by atoms with Crippen LogP contribution in [0.2, 0.25) is 0 Å². The van der Waals surface area contributed by atoms with Gasteiger partial charge in [0.25, 0.3) is 0 Å². The minimum Gasteiger partial charge on any atom is -0.452 e. The van der Waals surface area contributed by atoms with E-state index in [9.17, 15) is 9.59 Å². The van der Waals surface area contributed by atoms with Gasteiger partial charge in [0.2, 0.25) is 5.78 Å². The van der Waals surface area contributed by atoms with Gasteiger partial charge in [-0.05, 0) is 47.0 Å². The predicted molar refractivity (Wildman–Crippen MR) is 123 cm³/mol. The van der Waals surface area contributed by atoms with Gasteiger partial charge in [0.15, 0.2) is 5.76 Å². The van der Waals surface area contributed by atoms with E-state index in [4.69, 9.17) is 9.47 Å². The summed E-state index contributed by atoms with van der Waals surface area (Å²) in [6, 6.07) is 31.5. The Morgan fingerprint density at radius 2 is 1.41 bits per heavy atom. The molecule has 0 spiro atoms. The Bertz CT molecular complexity index is 1320. The second-order valence-electron chi connectivity index (χ2n) is 7.34. The predicted octanol–water partition coefficient (Wildman–Crippen LogP) is 6.19. The summed E-state index contributed by atoms with van der Waals surface area (Å²) in [5, 5.41) is 0. The average molecular weight is 418 g/mol. The molecule has 0 atom stereocenters. The van der Waals surface area contributed by atoms with E-state index in [1.54, 1.807) is 48.5 Å². The molecule has 32 heavy (non-hydrogen) atoms. The van der Waals surface area contributed by atoms with Gasteiger partial charge >= 0.3 is 5.97 Å². The number of allylic oxidation sites excluding steroid dienone is 1. The second kappa shape index (κ2) is 8.36. The third-order valence-corrected chi connectivity index (χ3v) is 5.18. The highest BCUT2D eigenvalue weighted by atomic mass is 16.5. The fraction of sp³-hybridized carbons (Fsp3) is 0. The summed E-state index contributed by atoms with van der Waals surface area (Å²) in [6.45, 7) is 0. The highest BCUT2D eigenvalue weighted by Crippen LogP contribution is 2.35. The largest absolute Gasteiger partial charge is 0.452 e. The Kier molecular flexibility index (Phi) is 5.10. The van der Waals surface area contributed by atoms with Crippen molar-refractivity contribution < 1.29 is 19.1 Å². The molecular formula is C28H18O4. The van der Waals surface area contributed by atoms with E-state index < -0.39 is 5.97 Å². The normalized spacial score (nSPS) is 13.5. The number of esters is 1. The van der Waals surface area contributed by atoms with Crippen LogP contribution in [0.4, 0.5) is 0 Å². The monoisotopic (exact) mass is 418 g/mol. The summed E-state index contributed by atoms with van der Waals surface area (Å²) in [5.74, 6) is 0.260. The molecule has 1 aliphatic rings. The number of hydrogen-bond donors (Lipinski definition) is 0. The summed E-state index contributed by atoms with van der Waals surface area (Å²) in [6.07, 6.45) is 1.72. The molecule has 0 aromatic heterocycles. The lowest BCUT2D eigenvalue weighted by atomic mass is 10.0. The summed E-state index contributed by atoms with van der Waals surface area (Å²) in [7, 11) is 0. The van der Waals surface area contributed by atoms with Gasteiger partial charge in [0.1, 0.15) is 11.5 Å². The molecule has 154 valence electrons. The van der Waals surface area contributed by atoms with Crippen molar-refractivity contribution in [2.75, 3.05) is 0 Å². The van der Waals surface area contributed by atoms with E-state index in [1.165, 1.54) is 0 Å². The summed E-state index contributed by atoms with van der Waals surface area (Å²) >= 11 is 0. The number of carbonyl (C=O) groups is 2. The van der Waals surface area contributed by atoms with Gasteiger partial charge in [-0.1, -0.05) is 72.8 Å². The lowest BCUT2D eigenvalue weighted by Gasteiger charge is -2.05. The topological polar surface area (TPSA) is 52.6 Å². The van der Waals surface area contributed by atoms with Crippen LogP contribution in [0, 0.1) is 0 Å². The Balaban J connectivity index is 1.34. The molecule has 4 aromatic carbocycles. The van der Waals surface area contributed by atoms with Crippen LogP contribution in [0.3, 0.4) is 0 Å². The number of ether oxygens (including phenoxy) is 2. The third-order valence-electron chi connectivity index (χ3n) is 5.18. The zero-order valence-electron chi connectivity index (χ0n) is 17.0. The molecule has 1 aliphatic heterocycles. The Morgan fingerprint density at radius 1 is 0.750 bits per heavy atom. The fourth-order valence-corrected chi connectivity index (χ4v) is 3.52. The molecule has 4 heteroatoms. The van der Waals surface area contributed by atoms with Crippen molar-refractivity contribution >= 4 is 17.8 Å². The maximum Gasteiger partial charge on any atom is 0.343 e. The lowest BCUT2D eigenvalue weighted by molar-refractivity contribution is 0.0734. The molecular weight excluding hydrogens is 400 g/mol. The van der Waals surface area contributed by atoms with E-state index in [1.807, 2.05) is 48.5 Å². The molecule has 4 aromatic rings. The van der Waals surface area contributed by atoms with Crippen molar-refractivity contribution in [2.45, 2.75) is 0 Å². The molecule has 0 N–H and O–H groups in total. The van der Waals surface area contributed by atoms with Crippen LogP contribution in [0.5, 0.6) is 11.5 Å². The molecule has 0 bridgehead atoms. The highest BCUT2D eigenvalue weighted by Gasteiger charge is 2.28. The molecule has 0 unspecified atom stereocenters. The van der Waals surface area contributed by atoms with Crippen LogP contribution in [0.15, 0.2) is 109 Å². The number of carbonyl (C=O) groups excluding carboxylic acids is 2. The molecule has 4 nitrogen and oxygen atoms in total. The Labute approximate surface area is 185 Å². The highest BCUT2D eigenvalue weighted by molar-refractivity contribution is 6.14. The summed E-state index contributed by atoms with van der Waals surface area (Å²) in [4.78, 5) is 25.0. The van der Waals surface area contributed by atoms with Crippen molar-refractivity contribution in [3.63, 3.8) is 0 Å². The lowest BCUT2D eigenvalue weighted by Crippen LogP contribution is -2.08. The van der Waals surface area contributed by atoms with Gasteiger partial charge in [0, 0.05) is 6.07 Å². The Hall–Kier alpha value is -4.44. The number of Topliss-reactive ketones (excluding diaryl/α,β-unsaturated/α-hetero) is 1. The van der Waals surface area contributed by atoms with Crippen LogP contribution in [0.25, 0.3) is 17.2 Å². The molecule has 0 saturated heterocycles. The molecule has 0 amide bonds. The standard InChI is InChI=1S/C28H18O4/c29-27-24-16-15-23(31-28(30)22-9-5-2-6-10-22)18-25(24)32-26(27)17-19-11-13-21(14-12-19)20-7-3-1-4-8-20/h1-18H/b26-17-. The van der Waals surface area contributed by atoms with Gasteiger partial charge in [0.05, 0.1) is 11.1 Å². The van der Waals surface area contributed by atoms with E-state index in [0.717, 1.165) is 16.7 Å². The number of rotatable bonds is 4. The Morgan fingerprint density at radius 3 is 2.12 bits per heavy atom. The molecule has 5 rings (SSSR count). The minimum atomic E-state index is -0.468. The molecule has 0 saturated carbocycles. The van der Waals surface area contributed by atoms with Crippen LogP contribution in [0.1, 0.15) is 26.3 Å². The van der Waals surface area contributed by atoms with E-state index in [0.29, 0.717) is 22.6 Å². The second-order valence-corrected chi connectivity index (χ2v) is 7.34. The van der Waals surface area contributed by atoms with Crippen LogP contribution in [-0.4, -0.2) is 11.8 Å². The first-order valence-corrected chi connectivity index (χ1v) is 10.2. The van der Waals surface area contributed by atoms with Crippen LogP contribution in [-0.2, 0) is 0 Å². The van der Waals surface area contributed by atoms with Gasteiger partial charge in [-0.15, -0.1) is 0 Å². The number of fused-ring (bicyclic) bond motifs is 1. The van der Waals surface area contributed by atoms with Gasteiger partial charge in [-0.2, -0.15) is 0 Å². The third kappa shape index (κ3) is 3.94. The zero-order valence-corrected chi connectivity index (χ0v) is 17.0. The summed E-state index contributed by atoms with van der Waals surface area (Å²) in [5.41, 5.74) is 3.97. The number of ketones is 1. The van der Waals surface area contributed by atoms with Gasteiger partial charge in [-0.25, -0.2) is 4.79 Å². The van der Waals surface area contributed by atoms with Crippen LogP contribution < -0.4 is 9.47 Å². The van der Waals surface area contributed by atoms with E-state index in [-0.39, 0.29) is 11.5 Å². The van der Waals surface area contributed by atoms with E-state index >= 15 is 0 Å². The van der Waals surface area contributed by atoms with Crippen molar-refractivity contribution in [3.05, 3.63) is 126 Å². The smallest absolute Gasteiger partial charge is 0.343 e. The molecule has 0 fully saturated rings. The first-order chi connectivity index (χ1) is 15.7.